The fourth-order valence-electron chi connectivity index (χ4n) is 2.04. The van der Waals surface area contributed by atoms with Crippen molar-refractivity contribution < 1.29 is 0 Å². The molecule has 1 aromatic rings. The molecule has 1 fully saturated rings. The van der Waals surface area contributed by atoms with Gasteiger partial charge in [0.1, 0.15) is 0 Å². The third-order valence-corrected chi connectivity index (χ3v) is 4.45. The molecule has 2 nitrogen and oxygen atoms in total. The molecule has 1 N–H and O–H groups in total. The summed E-state index contributed by atoms with van der Waals surface area (Å²) >= 11 is 1.83. The predicted molar refractivity (Wildman–Crippen MR) is 70.1 cm³/mol. The molecule has 0 aliphatic carbocycles. The van der Waals surface area contributed by atoms with Gasteiger partial charge in [0.05, 0.1) is 10.7 Å². The average molecular weight is 238 g/mol. The van der Waals surface area contributed by atoms with Crippen LogP contribution >= 0.6 is 11.3 Å². The van der Waals surface area contributed by atoms with E-state index in [0.29, 0.717) is 5.41 Å². The number of nitrogens with one attached hydrogen (secondary N) is 1. The molecule has 2 rings (SSSR count). The minimum Gasteiger partial charge on any atom is -0.316 e. The molecule has 0 spiro atoms. The summed E-state index contributed by atoms with van der Waals surface area (Å²) in [5.41, 5.74) is 1.92. The Bertz CT molecular complexity index is 353. The zero-order valence-electron chi connectivity index (χ0n) is 10.8. The SMILES string of the molecule is CCC1(Cc2nc(C(C)(C)C)cs2)CNC1. The van der Waals surface area contributed by atoms with Crippen molar-refractivity contribution >= 4 is 11.3 Å². The van der Waals surface area contributed by atoms with Gasteiger partial charge >= 0.3 is 0 Å². The standard InChI is InChI=1S/C13H22N2S/c1-5-13(8-14-9-13)6-11-15-10(7-16-11)12(2,3)4/h7,14H,5-6,8-9H2,1-4H3. The molecule has 1 saturated heterocycles. The Labute approximate surface area is 102 Å². The lowest BCUT2D eigenvalue weighted by Crippen LogP contribution is -2.54. The fraction of sp³-hybridized carbons (Fsp3) is 0.769. The van der Waals surface area contributed by atoms with Gasteiger partial charge in [-0.1, -0.05) is 27.7 Å². The Hall–Kier alpha value is -0.410. The van der Waals surface area contributed by atoms with Crippen LogP contribution in [-0.4, -0.2) is 18.1 Å². The van der Waals surface area contributed by atoms with E-state index in [1.54, 1.807) is 0 Å². The second-order valence-electron chi connectivity index (χ2n) is 6.01. The van der Waals surface area contributed by atoms with E-state index in [-0.39, 0.29) is 5.41 Å². The van der Waals surface area contributed by atoms with Gasteiger partial charge < -0.3 is 5.32 Å². The molecular weight excluding hydrogens is 216 g/mol. The van der Waals surface area contributed by atoms with Gasteiger partial charge in [0, 0.05) is 35.7 Å². The smallest absolute Gasteiger partial charge is 0.0935 e. The van der Waals surface area contributed by atoms with Crippen LogP contribution in [0.1, 0.15) is 44.8 Å². The topological polar surface area (TPSA) is 24.9 Å². The van der Waals surface area contributed by atoms with Gasteiger partial charge in [-0.2, -0.15) is 0 Å². The van der Waals surface area contributed by atoms with Crippen LogP contribution in [-0.2, 0) is 11.8 Å². The van der Waals surface area contributed by atoms with Gasteiger partial charge in [-0.15, -0.1) is 11.3 Å². The van der Waals surface area contributed by atoms with Crippen molar-refractivity contribution in [1.82, 2.24) is 10.3 Å². The maximum Gasteiger partial charge on any atom is 0.0935 e. The van der Waals surface area contributed by atoms with Crippen LogP contribution in [0.3, 0.4) is 0 Å². The quantitative estimate of drug-likeness (QED) is 0.875. The maximum atomic E-state index is 4.79. The molecule has 2 heterocycles. The zero-order chi connectivity index (χ0) is 11.8. The summed E-state index contributed by atoms with van der Waals surface area (Å²) < 4.78 is 0. The summed E-state index contributed by atoms with van der Waals surface area (Å²) in [5, 5.41) is 6.93. The first kappa shape index (κ1) is 12.1. The van der Waals surface area contributed by atoms with Gasteiger partial charge in [-0.05, 0) is 6.42 Å². The summed E-state index contributed by atoms with van der Waals surface area (Å²) in [6.07, 6.45) is 2.40. The minimum absolute atomic E-state index is 0.186. The molecule has 0 radical (unpaired) electrons. The molecule has 0 bridgehead atoms. The highest BCUT2D eigenvalue weighted by atomic mass is 32.1. The largest absolute Gasteiger partial charge is 0.316 e. The Morgan fingerprint density at radius 3 is 2.50 bits per heavy atom. The second-order valence-corrected chi connectivity index (χ2v) is 6.95. The van der Waals surface area contributed by atoms with Crippen LogP contribution in [0.25, 0.3) is 0 Å². The maximum absolute atomic E-state index is 4.79. The molecule has 0 atom stereocenters. The average Bonchev–Trinajstić information content (AvgIpc) is 2.58. The zero-order valence-corrected chi connectivity index (χ0v) is 11.6. The minimum atomic E-state index is 0.186. The van der Waals surface area contributed by atoms with Gasteiger partial charge in [-0.25, -0.2) is 4.98 Å². The van der Waals surface area contributed by atoms with Crippen molar-refractivity contribution in [2.75, 3.05) is 13.1 Å². The number of rotatable bonds is 3. The lowest BCUT2D eigenvalue weighted by molar-refractivity contribution is 0.160. The van der Waals surface area contributed by atoms with Crippen LogP contribution in [0.2, 0.25) is 0 Å². The molecule has 1 aliphatic rings. The lowest BCUT2D eigenvalue weighted by Gasteiger charge is -2.41. The first-order valence-corrected chi connectivity index (χ1v) is 6.99. The summed E-state index contributed by atoms with van der Waals surface area (Å²) in [6, 6.07) is 0. The Morgan fingerprint density at radius 2 is 2.12 bits per heavy atom. The predicted octanol–water partition coefficient (Wildman–Crippen LogP) is 2.98. The summed E-state index contributed by atoms with van der Waals surface area (Å²) in [7, 11) is 0. The first-order valence-electron chi connectivity index (χ1n) is 6.11. The summed E-state index contributed by atoms with van der Waals surface area (Å²) in [5.74, 6) is 0. The van der Waals surface area contributed by atoms with E-state index in [9.17, 15) is 0 Å². The molecule has 0 aromatic carbocycles. The van der Waals surface area contributed by atoms with Crippen LogP contribution in [0, 0.1) is 5.41 Å². The number of thiazole rings is 1. The molecular formula is C13H22N2S. The normalized spacial score (nSPS) is 19.5. The Morgan fingerprint density at radius 1 is 1.44 bits per heavy atom. The van der Waals surface area contributed by atoms with E-state index in [0.717, 1.165) is 19.5 Å². The van der Waals surface area contributed by atoms with Gasteiger partial charge in [0.2, 0.25) is 0 Å². The summed E-state index contributed by atoms with van der Waals surface area (Å²) in [6.45, 7) is 11.3. The van der Waals surface area contributed by atoms with Crippen LogP contribution < -0.4 is 5.32 Å². The van der Waals surface area contributed by atoms with Crippen LogP contribution in [0.4, 0.5) is 0 Å². The van der Waals surface area contributed by atoms with Gasteiger partial charge in [0.15, 0.2) is 0 Å². The van der Waals surface area contributed by atoms with Crippen molar-refractivity contribution in [3.05, 3.63) is 16.1 Å². The van der Waals surface area contributed by atoms with Gasteiger partial charge in [0.25, 0.3) is 0 Å². The van der Waals surface area contributed by atoms with E-state index in [4.69, 9.17) is 4.98 Å². The monoisotopic (exact) mass is 238 g/mol. The third-order valence-electron chi connectivity index (χ3n) is 3.60. The van der Waals surface area contributed by atoms with Crippen molar-refractivity contribution in [2.24, 2.45) is 5.41 Å². The molecule has 1 aliphatic heterocycles. The molecule has 3 heteroatoms. The highest BCUT2D eigenvalue weighted by molar-refractivity contribution is 7.09. The van der Waals surface area contributed by atoms with Crippen LogP contribution in [0.5, 0.6) is 0 Å². The van der Waals surface area contributed by atoms with Crippen molar-refractivity contribution in [3.63, 3.8) is 0 Å². The molecule has 90 valence electrons. The van der Waals surface area contributed by atoms with Crippen LogP contribution in [0.15, 0.2) is 5.38 Å². The fourth-order valence-corrected chi connectivity index (χ4v) is 3.23. The molecule has 0 amide bonds. The lowest BCUT2D eigenvalue weighted by atomic mass is 9.76. The number of nitrogens with zero attached hydrogens (tertiary/aromatic N) is 1. The molecule has 0 unspecified atom stereocenters. The van der Waals surface area contributed by atoms with E-state index in [1.807, 2.05) is 11.3 Å². The van der Waals surface area contributed by atoms with E-state index >= 15 is 0 Å². The van der Waals surface area contributed by atoms with Gasteiger partial charge in [-0.3, -0.25) is 0 Å². The molecule has 1 aromatic heterocycles. The summed E-state index contributed by atoms with van der Waals surface area (Å²) in [4.78, 5) is 4.79. The molecule has 0 saturated carbocycles. The number of hydrogen-bond acceptors (Lipinski definition) is 3. The number of aromatic nitrogens is 1. The van der Waals surface area contributed by atoms with Crippen molar-refractivity contribution in [1.29, 1.82) is 0 Å². The Kier molecular flexibility index (Phi) is 3.10. The van der Waals surface area contributed by atoms with E-state index in [2.05, 4.69) is 38.4 Å². The third kappa shape index (κ3) is 2.30. The van der Waals surface area contributed by atoms with Crippen molar-refractivity contribution in [3.8, 4) is 0 Å². The molecule has 16 heavy (non-hydrogen) atoms. The Balaban J connectivity index is 2.08. The van der Waals surface area contributed by atoms with Crippen molar-refractivity contribution in [2.45, 2.75) is 46.0 Å². The first-order chi connectivity index (χ1) is 7.45. The highest BCUT2D eigenvalue weighted by Gasteiger charge is 2.36. The number of hydrogen-bond donors (Lipinski definition) is 1. The second kappa shape index (κ2) is 4.11. The van der Waals surface area contributed by atoms with E-state index < -0.39 is 0 Å². The highest BCUT2D eigenvalue weighted by Crippen LogP contribution is 2.33. The van der Waals surface area contributed by atoms with E-state index in [1.165, 1.54) is 17.1 Å².